The Bertz CT molecular complexity index is 268. The summed E-state index contributed by atoms with van der Waals surface area (Å²) in [5.74, 6) is -0.0482. The van der Waals surface area contributed by atoms with Gasteiger partial charge < -0.3 is 9.84 Å². The van der Waals surface area contributed by atoms with Gasteiger partial charge in [0.1, 0.15) is 0 Å². The monoisotopic (exact) mass is 239 g/mol. The van der Waals surface area contributed by atoms with Crippen LogP contribution in [0.5, 0.6) is 0 Å². The molecule has 0 fully saturated rings. The second-order valence-corrected chi connectivity index (χ2v) is 6.28. The van der Waals surface area contributed by atoms with E-state index in [1.807, 2.05) is 6.92 Å². The van der Waals surface area contributed by atoms with Crippen molar-refractivity contribution < 1.29 is 18.3 Å². The third-order valence-electron chi connectivity index (χ3n) is 1.77. The highest BCUT2D eigenvalue weighted by atomic mass is 32.2. The van der Waals surface area contributed by atoms with Gasteiger partial charge in [-0.15, -0.1) is 0 Å². The smallest absolute Gasteiger partial charge is 0.216 e. The highest BCUT2D eigenvalue weighted by Gasteiger charge is 2.24. The van der Waals surface area contributed by atoms with Crippen LogP contribution in [0, 0.1) is 0 Å². The molecule has 0 rings (SSSR count). The Morgan fingerprint density at radius 3 is 2.33 bits per heavy atom. The van der Waals surface area contributed by atoms with Crippen molar-refractivity contribution in [1.29, 1.82) is 0 Å². The van der Waals surface area contributed by atoms with E-state index in [4.69, 9.17) is 4.74 Å². The Balaban J connectivity index is 4.21. The van der Waals surface area contributed by atoms with Gasteiger partial charge in [-0.1, -0.05) is 0 Å². The van der Waals surface area contributed by atoms with Gasteiger partial charge in [0.25, 0.3) is 0 Å². The minimum Gasteiger partial charge on any atom is -0.389 e. The molecule has 1 N–H and O–H groups in total. The predicted molar refractivity (Wildman–Crippen MR) is 59.2 cm³/mol. The molecule has 0 unspecified atom stereocenters. The summed E-state index contributed by atoms with van der Waals surface area (Å²) < 4.78 is 29.4. The standard InChI is InChI=1S/C9H21NO4S/c1-5-14-6-7-15(12,13)10(4)8-9(2,3)11/h11H,5-8H2,1-4H3. The van der Waals surface area contributed by atoms with E-state index < -0.39 is 15.6 Å². The minimum absolute atomic E-state index is 0.0482. The number of likely N-dealkylation sites (N-methyl/N-ethyl adjacent to an activating group) is 1. The lowest BCUT2D eigenvalue weighted by Gasteiger charge is -2.24. The Kier molecular flexibility index (Phi) is 5.72. The number of ether oxygens (including phenoxy) is 1. The molecule has 0 aromatic heterocycles. The van der Waals surface area contributed by atoms with Crippen LogP contribution in [0.25, 0.3) is 0 Å². The molecular weight excluding hydrogens is 218 g/mol. The summed E-state index contributed by atoms with van der Waals surface area (Å²) in [7, 11) is -1.86. The number of rotatable bonds is 7. The second-order valence-electron chi connectivity index (χ2n) is 4.08. The number of nitrogens with zero attached hydrogens (tertiary/aromatic N) is 1. The molecule has 15 heavy (non-hydrogen) atoms. The SMILES string of the molecule is CCOCCS(=O)(=O)N(C)CC(C)(C)O. The molecule has 0 atom stereocenters. The van der Waals surface area contributed by atoms with Crippen LogP contribution in [0.2, 0.25) is 0 Å². The van der Waals surface area contributed by atoms with Crippen LogP contribution >= 0.6 is 0 Å². The van der Waals surface area contributed by atoms with Crippen LogP contribution in [-0.4, -0.2) is 56.0 Å². The van der Waals surface area contributed by atoms with Gasteiger partial charge in [0.15, 0.2) is 0 Å². The molecule has 0 heterocycles. The molecule has 0 spiro atoms. The highest BCUT2D eigenvalue weighted by Crippen LogP contribution is 2.07. The summed E-state index contributed by atoms with van der Waals surface area (Å²) in [5, 5.41) is 9.49. The molecule has 0 saturated heterocycles. The fourth-order valence-corrected chi connectivity index (χ4v) is 2.26. The van der Waals surface area contributed by atoms with Gasteiger partial charge in [0.05, 0.1) is 18.0 Å². The summed E-state index contributed by atoms with van der Waals surface area (Å²) in [6, 6.07) is 0. The average molecular weight is 239 g/mol. The number of hydrogen-bond donors (Lipinski definition) is 1. The zero-order valence-corrected chi connectivity index (χ0v) is 10.7. The molecule has 92 valence electrons. The van der Waals surface area contributed by atoms with Gasteiger partial charge in [-0.25, -0.2) is 12.7 Å². The van der Waals surface area contributed by atoms with E-state index in [2.05, 4.69) is 0 Å². The molecule has 0 aliphatic carbocycles. The molecule has 0 aliphatic heterocycles. The van der Waals surface area contributed by atoms with Crippen molar-refractivity contribution in [2.75, 3.05) is 32.6 Å². The van der Waals surface area contributed by atoms with Gasteiger partial charge in [-0.05, 0) is 20.8 Å². The first-order valence-corrected chi connectivity index (χ1v) is 6.54. The first-order valence-electron chi connectivity index (χ1n) is 4.93. The second kappa shape index (κ2) is 5.79. The summed E-state index contributed by atoms with van der Waals surface area (Å²) >= 11 is 0. The predicted octanol–water partition coefficient (Wildman–Crippen LogP) is 0.0554. The molecule has 0 aromatic rings. The minimum atomic E-state index is -3.32. The van der Waals surface area contributed by atoms with Gasteiger partial charge in [0, 0.05) is 20.2 Å². The van der Waals surface area contributed by atoms with Crippen molar-refractivity contribution in [2.45, 2.75) is 26.4 Å². The number of hydrogen-bond acceptors (Lipinski definition) is 4. The van der Waals surface area contributed by atoms with Crippen molar-refractivity contribution in [3.8, 4) is 0 Å². The van der Waals surface area contributed by atoms with Crippen LogP contribution in [0.4, 0.5) is 0 Å². The molecule has 0 bridgehead atoms. The van der Waals surface area contributed by atoms with Crippen LogP contribution in [0.15, 0.2) is 0 Å². The Morgan fingerprint density at radius 1 is 1.40 bits per heavy atom. The van der Waals surface area contributed by atoms with Gasteiger partial charge in [-0.2, -0.15) is 0 Å². The molecule has 0 saturated carbocycles. The maximum Gasteiger partial charge on any atom is 0.216 e. The molecule has 0 radical (unpaired) electrons. The summed E-state index contributed by atoms with van der Waals surface area (Å²) in [6.07, 6.45) is 0. The topological polar surface area (TPSA) is 66.8 Å². The Hall–Kier alpha value is -0.170. The zero-order valence-electron chi connectivity index (χ0n) is 9.86. The largest absolute Gasteiger partial charge is 0.389 e. The van der Waals surface area contributed by atoms with E-state index in [9.17, 15) is 13.5 Å². The van der Waals surface area contributed by atoms with Gasteiger partial charge in [-0.3, -0.25) is 0 Å². The van der Waals surface area contributed by atoms with E-state index in [0.29, 0.717) is 6.61 Å². The molecule has 0 aromatic carbocycles. The van der Waals surface area contributed by atoms with Crippen LogP contribution in [0.3, 0.4) is 0 Å². The first-order chi connectivity index (χ1) is 6.69. The fourth-order valence-electron chi connectivity index (χ4n) is 1.11. The third-order valence-corrected chi connectivity index (χ3v) is 3.54. The van der Waals surface area contributed by atoms with E-state index in [0.717, 1.165) is 4.31 Å². The average Bonchev–Trinajstić information content (AvgIpc) is 2.01. The highest BCUT2D eigenvalue weighted by molar-refractivity contribution is 7.89. The van der Waals surface area contributed by atoms with Crippen molar-refractivity contribution in [1.82, 2.24) is 4.31 Å². The van der Waals surface area contributed by atoms with Gasteiger partial charge in [0.2, 0.25) is 10.0 Å². The normalized spacial score (nSPS) is 13.5. The lowest BCUT2D eigenvalue weighted by Crippen LogP contribution is -2.41. The Morgan fingerprint density at radius 2 is 1.93 bits per heavy atom. The zero-order chi connectivity index (χ0) is 12.1. The summed E-state index contributed by atoms with van der Waals surface area (Å²) in [5.41, 5.74) is -1.02. The quantitative estimate of drug-likeness (QED) is 0.638. The maximum absolute atomic E-state index is 11.6. The number of aliphatic hydroxyl groups is 1. The molecule has 0 aliphatic rings. The Labute approximate surface area is 92.1 Å². The fraction of sp³-hybridized carbons (Fsp3) is 1.00. The summed E-state index contributed by atoms with van der Waals surface area (Å²) in [4.78, 5) is 0. The lowest BCUT2D eigenvalue weighted by molar-refractivity contribution is 0.0637. The van der Waals surface area contributed by atoms with Crippen molar-refractivity contribution >= 4 is 10.0 Å². The molecule has 5 nitrogen and oxygen atoms in total. The van der Waals surface area contributed by atoms with Crippen LogP contribution in [-0.2, 0) is 14.8 Å². The molecule has 6 heteroatoms. The third kappa shape index (κ3) is 6.83. The number of sulfonamides is 1. The molecule has 0 amide bonds. The summed E-state index contributed by atoms with van der Waals surface area (Å²) in [6.45, 7) is 5.73. The van der Waals surface area contributed by atoms with Crippen LogP contribution < -0.4 is 0 Å². The van der Waals surface area contributed by atoms with E-state index in [1.165, 1.54) is 7.05 Å². The van der Waals surface area contributed by atoms with E-state index >= 15 is 0 Å². The van der Waals surface area contributed by atoms with Crippen molar-refractivity contribution in [3.05, 3.63) is 0 Å². The maximum atomic E-state index is 11.6. The van der Waals surface area contributed by atoms with E-state index in [1.54, 1.807) is 13.8 Å². The van der Waals surface area contributed by atoms with Gasteiger partial charge >= 0.3 is 0 Å². The van der Waals surface area contributed by atoms with Crippen LogP contribution in [0.1, 0.15) is 20.8 Å². The lowest BCUT2D eigenvalue weighted by atomic mass is 10.1. The van der Waals surface area contributed by atoms with Crippen molar-refractivity contribution in [3.63, 3.8) is 0 Å². The van der Waals surface area contributed by atoms with Crippen molar-refractivity contribution in [2.24, 2.45) is 0 Å². The first kappa shape index (κ1) is 14.8. The molecular formula is C9H21NO4S. The van der Waals surface area contributed by atoms with E-state index in [-0.39, 0.29) is 18.9 Å².